The summed E-state index contributed by atoms with van der Waals surface area (Å²) in [5, 5.41) is 4.90. The van der Waals surface area contributed by atoms with Gasteiger partial charge in [0.05, 0.1) is 13.2 Å². The fraction of sp³-hybridized carbons (Fsp3) is 0.304. The minimum Gasteiger partial charge on any atom is -0.497 e. The zero-order valence-electron chi connectivity index (χ0n) is 17.1. The SMILES string of the molecule is COc1cccc(COc2ccc(-c3nc(C(=O)NCC4CCCO4)cs3)c(F)c2)c1. The summed E-state index contributed by atoms with van der Waals surface area (Å²) in [5.74, 6) is 0.414. The van der Waals surface area contributed by atoms with Crippen LogP contribution in [0.4, 0.5) is 4.39 Å². The zero-order chi connectivity index (χ0) is 21.6. The van der Waals surface area contributed by atoms with Gasteiger partial charge in [-0.1, -0.05) is 12.1 Å². The minimum absolute atomic E-state index is 0.0593. The molecule has 1 fully saturated rings. The largest absolute Gasteiger partial charge is 0.497 e. The lowest BCUT2D eigenvalue weighted by Crippen LogP contribution is -2.31. The second-order valence-corrected chi connectivity index (χ2v) is 8.02. The molecule has 1 amide bonds. The summed E-state index contributed by atoms with van der Waals surface area (Å²) >= 11 is 1.23. The lowest BCUT2D eigenvalue weighted by molar-refractivity contribution is 0.0854. The monoisotopic (exact) mass is 442 g/mol. The molecule has 0 bridgehead atoms. The third kappa shape index (κ3) is 5.39. The molecule has 2 heterocycles. The van der Waals surface area contributed by atoms with Crippen LogP contribution in [-0.4, -0.2) is 37.3 Å². The molecule has 0 spiro atoms. The summed E-state index contributed by atoms with van der Waals surface area (Å²) in [5.41, 5.74) is 1.52. The molecule has 1 saturated heterocycles. The molecule has 0 saturated carbocycles. The van der Waals surface area contributed by atoms with Crippen molar-refractivity contribution in [2.45, 2.75) is 25.6 Å². The van der Waals surface area contributed by atoms with Crippen molar-refractivity contribution in [2.24, 2.45) is 0 Å². The number of benzene rings is 2. The first-order valence-electron chi connectivity index (χ1n) is 10.0. The molecule has 1 aromatic heterocycles. The molecule has 0 radical (unpaired) electrons. The normalized spacial score (nSPS) is 15.6. The predicted octanol–water partition coefficient (Wildman–Crippen LogP) is 4.45. The quantitative estimate of drug-likeness (QED) is 0.558. The van der Waals surface area contributed by atoms with Crippen LogP contribution < -0.4 is 14.8 Å². The van der Waals surface area contributed by atoms with E-state index in [1.165, 1.54) is 17.4 Å². The Labute approximate surface area is 184 Å². The molecule has 8 heteroatoms. The van der Waals surface area contributed by atoms with Crippen LogP contribution in [0.25, 0.3) is 10.6 Å². The average molecular weight is 443 g/mol. The van der Waals surface area contributed by atoms with Gasteiger partial charge in [-0.2, -0.15) is 0 Å². The van der Waals surface area contributed by atoms with Crippen molar-refractivity contribution in [1.29, 1.82) is 0 Å². The molecule has 1 unspecified atom stereocenters. The van der Waals surface area contributed by atoms with E-state index in [4.69, 9.17) is 14.2 Å². The van der Waals surface area contributed by atoms with Crippen molar-refractivity contribution in [2.75, 3.05) is 20.3 Å². The molecule has 4 rings (SSSR count). The molecule has 1 aliphatic rings. The van der Waals surface area contributed by atoms with E-state index in [2.05, 4.69) is 10.3 Å². The number of hydrogen-bond donors (Lipinski definition) is 1. The van der Waals surface area contributed by atoms with Crippen molar-refractivity contribution in [3.63, 3.8) is 0 Å². The standard InChI is InChI=1S/C23H23FN2O4S/c1-28-16-5-2-4-15(10-16)13-30-17-7-8-19(20(24)11-17)23-26-21(14-31-23)22(27)25-12-18-6-3-9-29-18/h2,4-5,7-8,10-11,14,18H,3,6,9,12-13H2,1H3,(H,25,27). The van der Waals surface area contributed by atoms with Crippen LogP contribution in [-0.2, 0) is 11.3 Å². The van der Waals surface area contributed by atoms with Crippen LogP contribution in [0.1, 0.15) is 28.9 Å². The average Bonchev–Trinajstić information content (AvgIpc) is 3.49. The molecule has 31 heavy (non-hydrogen) atoms. The van der Waals surface area contributed by atoms with Gasteiger partial charge in [-0.25, -0.2) is 9.37 Å². The highest BCUT2D eigenvalue weighted by molar-refractivity contribution is 7.13. The Balaban J connectivity index is 1.38. The summed E-state index contributed by atoms with van der Waals surface area (Å²) in [6.07, 6.45) is 2.02. The Morgan fingerprint density at radius 3 is 2.97 bits per heavy atom. The summed E-state index contributed by atoms with van der Waals surface area (Å²) in [7, 11) is 1.60. The summed E-state index contributed by atoms with van der Waals surface area (Å²) in [6, 6.07) is 12.1. The molecular weight excluding hydrogens is 419 g/mol. The number of halogens is 1. The first-order valence-corrected chi connectivity index (χ1v) is 10.9. The van der Waals surface area contributed by atoms with Gasteiger partial charge in [0.2, 0.25) is 0 Å². The van der Waals surface area contributed by atoms with Gasteiger partial charge in [0, 0.05) is 30.2 Å². The van der Waals surface area contributed by atoms with E-state index >= 15 is 0 Å². The second-order valence-electron chi connectivity index (χ2n) is 7.16. The molecule has 1 atom stereocenters. The summed E-state index contributed by atoms with van der Waals surface area (Å²) in [4.78, 5) is 16.6. The highest BCUT2D eigenvalue weighted by Crippen LogP contribution is 2.29. The van der Waals surface area contributed by atoms with Crippen molar-refractivity contribution in [1.82, 2.24) is 10.3 Å². The number of thiazole rings is 1. The molecule has 1 N–H and O–H groups in total. The van der Waals surface area contributed by atoms with Crippen LogP contribution in [0.2, 0.25) is 0 Å². The molecule has 2 aromatic carbocycles. The predicted molar refractivity (Wildman–Crippen MR) is 116 cm³/mol. The Bertz CT molecular complexity index is 1050. The second kappa shape index (κ2) is 9.89. The lowest BCUT2D eigenvalue weighted by atomic mass is 10.2. The van der Waals surface area contributed by atoms with Crippen LogP contribution in [0.15, 0.2) is 47.8 Å². The molecule has 1 aliphatic heterocycles. The van der Waals surface area contributed by atoms with Crippen LogP contribution >= 0.6 is 11.3 Å². The Morgan fingerprint density at radius 2 is 2.19 bits per heavy atom. The van der Waals surface area contributed by atoms with Crippen molar-refractivity contribution >= 4 is 17.2 Å². The van der Waals surface area contributed by atoms with Gasteiger partial charge in [0.25, 0.3) is 5.91 Å². The Hall–Kier alpha value is -2.97. The molecular formula is C23H23FN2O4S. The van der Waals surface area contributed by atoms with Crippen LogP contribution in [0, 0.1) is 5.82 Å². The first-order chi connectivity index (χ1) is 15.1. The number of methoxy groups -OCH3 is 1. The van der Waals surface area contributed by atoms with Gasteiger partial charge in [0.15, 0.2) is 0 Å². The molecule has 6 nitrogen and oxygen atoms in total. The number of nitrogens with one attached hydrogen (secondary N) is 1. The van der Waals surface area contributed by atoms with E-state index in [0.29, 0.717) is 29.5 Å². The van der Waals surface area contributed by atoms with Gasteiger partial charge in [-0.3, -0.25) is 4.79 Å². The maximum Gasteiger partial charge on any atom is 0.270 e. The van der Waals surface area contributed by atoms with Crippen molar-refractivity contribution in [3.8, 4) is 22.1 Å². The van der Waals surface area contributed by atoms with E-state index in [-0.39, 0.29) is 17.7 Å². The number of ether oxygens (including phenoxy) is 3. The van der Waals surface area contributed by atoms with Crippen molar-refractivity contribution < 1.29 is 23.4 Å². The maximum atomic E-state index is 14.7. The van der Waals surface area contributed by atoms with Crippen LogP contribution in [0.5, 0.6) is 11.5 Å². The van der Waals surface area contributed by atoms with Gasteiger partial charge in [0.1, 0.15) is 34.6 Å². The third-order valence-corrected chi connectivity index (χ3v) is 5.84. The number of nitrogens with zero attached hydrogens (tertiary/aromatic N) is 1. The van der Waals surface area contributed by atoms with Gasteiger partial charge in [-0.05, 0) is 42.7 Å². The van der Waals surface area contributed by atoms with E-state index in [0.717, 1.165) is 30.8 Å². The van der Waals surface area contributed by atoms with Crippen LogP contribution in [0.3, 0.4) is 0 Å². The Kier molecular flexibility index (Phi) is 6.79. The summed E-state index contributed by atoms with van der Waals surface area (Å²) < 4.78 is 31.1. The first kappa shape index (κ1) is 21.3. The minimum atomic E-state index is -0.455. The number of carbonyl (C=O) groups excluding carboxylic acids is 1. The van der Waals surface area contributed by atoms with E-state index in [9.17, 15) is 9.18 Å². The van der Waals surface area contributed by atoms with Crippen molar-refractivity contribution in [3.05, 3.63) is 64.9 Å². The zero-order valence-corrected chi connectivity index (χ0v) is 17.9. The smallest absolute Gasteiger partial charge is 0.270 e. The number of aromatic nitrogens is 1. The fourth-order valence-corrected chi connectivity index (χ4v) is 4.12. The molecule has 0 aliphatic carbocycles. The van der Waals surface area contributed by atoms with Gasteiger partial charge >= 0.3 is 0 Å². The lowest BCUT2D eigenvalue weighted by Gasteiger charge is -2.09. The molecule has 162 valence electrons. The highest BCUT2D eigenvalue weighted by Gasteiger charge is 2.19. The van der Waals surface area contributed by atoms with E-state index in [1.54, 1.807) is 24.6 Å². The van der Waals surface area contributed by atoms with Gasteiger partial charge < -0.3 is 19.5 Å². The highest BCUT2D eigenvalue weighted by atomic mass is 32.1. The van der Waals surface area contributed by atoms with E-state index < -0.39 is 5.82 Å². The van der Waals surface area contributed by atoms with E-state index in [1.807, 2.05) is 24.3 Å². The number of amides is 1. The topological polar surface area (TPSA) is 69.7 Å². The summed E-state index contributed by atoms with van der Waals surface area (Å²) in [6.45, 7) is 1.49. The maximum absolute atomic E-state index is 14.7. The molecule has 3 aromatic rings. The fourth-order valence-electron chi connectivity index (χ4n) is 3.29. The number of carbonyl (C=O) groups is 1. The number of rotatable bonds is 8. The number of hydrogen-bond acceptors (Lipinski definition) is 6. The van der Waals surface area contributed by atoms with Gasteiger partial charge in [-0.15, -0.1) is 11.3 Å². The third-order valence-electron chi connectivity index (χ3n) is 4.96. The Morgan fingerprint density at radius 1 is 1.29 bits per heavy atom.